The maximum absolute atomic E-state index is 12.4. The molecule has 0 atom stereocenters. The van der Waals surface area contributed by atoms with Gasteiger partial charge < -0.3 is 9.80 Å². The Balaban J connectivity index is 1.27. The number of amides is 2. The minimum absolute atomic E-state index is 0.0426. The van der Waals surface area contributed by atoms with Gasteiger partial charge in [0.1, 0.15) is 0 Å². The number of nitrogens with zero attached hydrogens (tertiary/aromatic N) is 2. The largest absolute Gasteiger partial charge is 0.327 e. The zero-order valence-electron chi connectivity index (χ0n) is 15.9. The van der Waals surface area contributed by atoms with Gasteiger partial charge in [0.15, 0.2) is 11.7 Å². The van der Waals surface area contributed by atoms with E-state index in [2.05, 4.69) is 16.4 Å². The van der Waals surface area contributed by atoms with E-state index in [-0.39, 0.29) is 17.7 Å². The molecule has 2 fully saturated rings. The van der Waals surface area contributed by atoms with Crippen LogP contribution in [-0.2, 0) is 16.0 Å². The van der Waals surface area contributed by atoms with E-state index < -0.39 is 0 Å². The van der Waals surface area contributed by atoms with Crippen LogP contribution in [0.1, 0.15) is 31.2 Å². The van der Waals surface area contributed by atoms with Gasteiger partial charge in [0.25, 0.3) is 5.91 Å². The van der Waals surface area contributed by atoms with Crippen molar-refractivity contribution in [3.8, 4) is 11.3 Å². The molecule has 1 aliphatic carbocycles. The molecule has 2 amide bonds. The van der Waals surface area contributed by atoms with E-state index in [0.29, 0.717) is 11.7 Å². The van der Waals surface area contributed by atoms with E-state index >= 15 is 0 Å². The van der Waals surface area contributed by atoms with Crippen molar-refractivity contribution in [3.05, 3.63) is 29.1 Å². The molecule has 2 aliphatic heterocycles. The number of benzene rings is 1. The molecular formula is C21H25N4O2S+. The number of fused-ring (bicyclic) bond motifs is 1. The SMILES string of the molecule is O=C(C[NH+]1CCCC1)Nc1nc(-c2ccc3c(c2)CCN3C(=O)C2CC2)cs1. The molecule has 6 nitrogen and oxygen atoms in total. The van der Waals surface area contributed by atoms with Crippen LogP contribution < -0.4 is 15.1 Å². The Bertz CT molecular complexity index is 915. The molecule has 1 aromatic carbocycles. The summed E-state index contributed by atoms with van der Waals surface area (Å²) in [4.78, 5) is 32.6. The molecule has 0 bridgehead atoms. The molecule has 0 radical (unpaired) electrons. The molecule has 2 N–H and O–H groups in total. The summed E-state index contributed by atoms with van der Waals surface area (Å²) >= 11 is 1.46. The van der Waals surface area contributed by atoms with Gasteiger partial charge in [-0.25, -0.2) is 4.98 Å². The van der Waals surface area contributed by atoms with Crippen molar-refractivity contribution in [1.29, 1.82) is 0 Å². The zero-order valence-corrected chi connectivity index (χ0v) is 16.7. The third-order valence-electron chi connectivity index (χ3n) is 5.94. The number of quaternary nitrogens is 1. The third-order valence-corrected chi connectivity index (χ3v) is 6.69. The van der Waals surface area contributed by atoms with Gasteiger partial charge in [0, 0.05) is 41.9 Å². The fourth-order valence-corrected chi connectivity index (χ4v) is 4.98. The summed E-state index contributed by atoms with van der Waals surface area (Å²) in [5, 5.41) is 5.59. The second kappa shape index (κ2) is 7.29. The van der Waals surface area contributed by atoms with Crippen LogP contribution in [0.2, 0.25) is 0 Å². The average Bonchev–Trinajstić information content (AvgIpc) is 3.07. The van der Waals surface area contributed by atoms with Gasteiger partial charge in [-0.1, -0.05) is 6.07 Å². The summed E-state index contributed by atoms with van der Waals surface area (Å²) < 4.78 is 0. The number of thiazole rings is 1. The molecule has 146 valence electrons. The minimum atomic E-state index is 0.0426. The fraction of sp³-hybridized carbons (Fsp3) is 0.476. The number of likely N-dealkylation sites (tertiary alicyclic amines) is 1. The van der Waals surface area contributed by atoms with Crippen LogP contribution in [0, 0.1) is 5.92 Å². The van der Waals surface area contributed by atoms with Crippen LogP contribution in [0.25, 0.3) is 11.3 Å². The molecule has 28 heavy (non-hydrogen) atoms. The first-order chi connectivity index (χ1) is 13.7. The highest BCUT2D eigenvalue weighted by atomic mass is 32.1. The minimum Gasteiger partial charge on any atom is -0.327 e. The maximum atomic E-state index is 12.4. The van der Waals surface area contributed by atoms with E-state index in [1.54, 1.807) is 0 Å². The van der Waals surface area contributed by atoms with Crippen LogP contribution >= 0.6 is 11.3 Å². The van der Waals surface area contributed by atoms with Crippen molar-refractivity contribution >= 4 is 34.0 Å². The molecule has 3 aliphatic rings. The van der Waals surface area contributed by atoms with Crippen LogP contribution in [0.3, 0.4) is 0 Å². The molecule has 1 aromatic heterocycles. The molecule has 7 heteroatoms. The second-order valence-corrected chi connectivity index (χ2v) is 8.94. The quantitative estimate of drug-likeness (QED) is 0.808. The van der Waals surface area contributed by atoms with Crippen LogP contribution in [0.4, 0.5) is 10.8 Å². The van der Waals surface area contributed by atoms with Crippen molar-refractivity contribution in [2.75, 3.05) is 36.4 Å². The van der Waals surface area contributed by atoms with Gasteiger partial charge in [-0.15, -0.1) is 11.3 Å². The Kier molecular flexibility index (Phi) is 4.64. The predicted molar refractivity (Wildman–Crippen MR) is 110 cm³/mol. The predicted octanol–water partition coefficient (Wildman–Crippen LogP) is 1.73. The highest BCUT2D eigenvalue weighted by Gasteiger charge is 2.36. The lowest BCUT2D eigenvalue weighted by atomic mass is 10.1. The van der Waals surface area contributed by atoms with Gasteiger partial charge in [-0.05, 0) is 37.0 Å². The fourth-order valence-electron chi connectivity index (χ4n) is 4.25. The summed E-state index contributed by atoms with van der Waals surface area (Å²) in [5.74, 6) is 0.573. The lowest BCUT2D eigenvalue weighted by Crippen LogP contribution is -3.11. The monoisotopic (exact) mass is 397 g/mol. The van der Waals surface area contributed by atoms with E-state index in [0.717, 1.165) is 55.8 Å². The van der Waals surface area contributed by atoms with Gasteiger partial charge in [0.05, 0.1) is 18.8 Å². The second-order valence-electron chi connectivity index (χ2n) is 8.08. The normalized spacial score (nSPS) is 19.1. The Morgan fingerprint density at radius 3 is 2.86 bits per heavy atom. The van der Waals surface area contributed by atoms with E-state index in [4.69, 9.17) is 0 Å². The number of hydrogen-bond acceptors (Lipinski definition) is 4. The standard InChI is InChI=1S/C21H24N4O2S/c26-19(12-24-8-1-2-9-24)23-21-22-17(13-28-21)15-5-6-18-16(11-15)7-10-25(18)20(27)14-3-4-14/h5-6,11,13-14H,1-4,7-10,12H2,(H,22,23,26)/p+1. The van der Waals surface area contributed by atoms with Gasteiger partial charge >= 0.3 is 0 Å². The number of carbonyl (C=O) groups excluding carboxylic acids is 2. The first kappa shape index (κ1) is 17.8. The first-order valence-electron chi connectivity index (χ1n) is 10.2. The summed E-state index contributed by atoms with van der Waals surface area (Å²) in [6.07, 6.45) is 5.40. The lowest BCUT2D eigenvalue weighted by molar-refractivity contribution is -0.878. The molecular weight excluding hydrogens is 372 g/mol. The van der Waals surface area contributed by atoms with E-state index in [1.165, 1.54) is 34.6 Å². The summed E-state index contributed by atoms with van der Waals surface area (Å²) in [6, 6.07) is 6.23. The highest BCUT2D eigenvalue weighted by Crippen LogP contribution is 2.38. The molecule has 1 saturated carbocycles. The Hall–Kier alpha value is -2.25. The molecule has 3 heterocycles. The smallest absolute Gasteiger partial charge is 0.281 e. The first-order valence-corrected chi connectivity index (χ1v) is 11.1. The van der Waals surface area contributed by atoms with E-state index in [9.17, 15) is 9.59 Å². The van der Waals surface area contributed by atoms with Crippen LogP contribution in [0.5, 0.6) is 0 Å². The van der Waals surface area contributed by atoms with Gasteiger partial charge in [-0.2, -0.15) is 0 Å². The Labute approximate surface area is 168 Å². The summed E-state index contributed by atoms with van der Waals surface area (Å²) in [5.41, 5.74) is 4.19. The zero-order chi connectivity index (χ0) is 19.1. The topological polar surface area (TPSA) is 66.7 Å². The number of carbonyl (C=O) groups is 2. The highest BCUT2D eigenvalue weighted by molar-refractivity contribution is 7.14. The van der Waals surface area contributed by atoms with Gasteiger partial charge in [0.2, 0.25) is 5.91 Å². The maximum Gasteiger partial charge on any atom is 0.281 e. The third kappa shape index (κ3) is 3.56. The Morgan fingerprint density at radius 1 is 1.25 bits per heavy atom. The van der Waals surface area contributed by atoms with Crippen LogP contribution in [-0.4, -0.2) is 43.0 Å². The van der Waals surface area contributed by atoms with Crippen molar-refractivity contribution in [2.24, 2.45) is 5.92 Å². The molecule has 2 aromatic rings. The van der Waals surface area contributed by atoms with Crippen molar-refractivity contribution in [2.45, 2.75) is 32.1 Å². The van der Waals surface area contributed by atoms with Crippen molar-refractivity contribution in [3.63, 3.8) is 0 Å². The number of anilines is 2. The Morgan fingerprint density at radius 2 is 2.07 bits per heavy atom. The molecule has 0 spiro atoms. The van der Waals surface area contributed by atoms with Crippen LogP contribution in [0.15, 0.2) is 23.6 Å². The van der Waals surface area contributed by atoms with Crippen molar-refractivity contribution < 1.29 is 14.5 Å². The average molecular weight is 398 g/mol. The number of aromatic nitrogens is 1. The summed E-state index contributed by atoms with van der Waals surface area (Å²) in [6.45, 7) is 3.49. The van der Waals surface area contributed by atoms with Gasteiger partial charge in [-0.3, -0.25) is 14.9 Å². The van der Waals surface area contributed by atoms with E-state index in [1.807, 2.05) is 22.4 Å². The number of hydrogen-bond donors (Lipinski definition) is 2. The lowest BCUT2D eigenvalue weighted by Gasteiger charge is -2.17. The number of rotatable bonds is 5. The molecule has 1 saturated heterocycles. The molecule has 5 rings (SSSR count). The summed E-state index contributed by atoms with van der Waals surface area (Å²) in [7, 11) is 0. The van der Waals surface area contributed by atoms with Crippen molar-refractivity contribution in [1.82, 2.24) is 4.98 Å². The molecule has 0 unspecified atom stereocenters. The number of nitrogens with one attached hydrogen (secondary N) is 2.